The summed E-state index contributed by atoms with van der Waals surface area (Å²) in [5.74, 6) is 0.531. The summed E-state index contributed by atoms with van der Waals surface area (Å²) < 4.78 is 21.4. The van der Waals surface area contributed by atoms with Crippen LogP contribution in [-0.2, 0) is 18.0 Å². The lowest BCUT2D eigenvalue weighted by Crippen LogP contribution is -2.46. The molecule has 0 radical (unpaired) electrons. The average Bonchev–Trinajstić information content (AvgIpc) is 2.11. The highest BCUT2D eigenvalue weighted by molar-refractivity contribution is 6.60. The predicted molar refractivity (Wildman–Crippen MR) is 50.5 cm³/mol. The molecule has 0 amide bonds. The molecule has 0 aromatic heterocycles. The van der Waals surface area contributed by atoms with Gasteiger partial charge in [0.2, 0.25) is 0 Å². The molecule has 0 bridgehead atoms. The Kier molecular flexibility index (Phi) is 4.34. The Bertz CT molecular complexity index is 137. The lowest BCUT2D eigenvalue weighted by molar-refractivity contribution is -0.0626. The molecule has 0 saturated carbocycles. The van der Waals surface area contributed by atoms with E-state index in [9.17, 15) is 0 Å². The number of hydrogen-bond acceptors (Lipinski definition) is 4. The zero-order valence-electron chi connectivity index (χ0n) is 8.54. The fraction of sp³-hybridized carbons (Fsp3) is 1.00. The zero-order chi connectivity index (χ0) is 9.73. The third-order valence-electron chi connectivity index (χ3n) is 2.30. The molecule has 0 spiro atoms. The molecule has 78 valence electrons. The summed E-state index contributed by atoms with van der Waals surface area (Å²) in [4.78, 5) is 0. The minimum Gasteiger partial charge on any atom is -0.381 e. The summed E-state index contributed by atoms with van der Waals surface area (Å²) in [5.41, 5.74) is 0. The van der Waals surface area contributed by atoms with Crippen molar-refractivity contribution >= 4 is 8.80 Å². The smallest absolute Gasteiger partial charge is 0.381 e. The predicted octanol–water partition coefficient (Wildman–Crippen LogP) is 0.901. The highest BCUT2D eigenvalue weighted by atomic mass is 28.4. The molecule has 0 aromatic carbocycles. The van der Waals surface area contributed by atoms with Crippen LogP contribution >= 0.6 is 0 Å². The van der Waals surface area contributed by atoms with E-state index in [0.717, 1.165) is 19.3 Å². The van der Waals surface area contributed by atoms with Crippen LogP contribution in [0.2, 0.25) is 6.04 Å². The Morgan fingerprint density at radius 3 is 2.23 bits per heavy atom. The molecule has 0 aromatic rings. The molecule has 1 saturated heterocycles. The summed E-state index contributed by atoms with van der Waals surface area (Å²) in [6.45, 7) is 4.33. The van der Waals surface area contributed by atoms with Gasteiger partial charge in [0, 0.05) is 32.8 Å². The standard InChI is InChI=1S/C8H18O4Si/c1-4-13(9-2,10-3)12-7-8-5-11-6-8/h8H,4-7H2,1-3H3. The van der Waals surface area contributed by atoms with Gasteiger partial charge in [-0.25, -0.2) is 0 Å². The molecule has 4 nitrogen and oxygen atoms in total. The van der Waals surface area contributed by atoms with Crippen LogP contribution in [0, 0.1) is 5.92 Å². The van der Waals surface area contributed by atoms with Crippen molar-refractivity contribution in [3.05, 3.63) is 0 Å². The van der Waals surface area contributed by atoms with Gasteiger partial charge in [-0.2, -0.15) is 0 Å². The van der Waals surface area contributed by atoms with Gasteiger partial charge >= 0.3 is 8.80 Å². The summed E-state index contributed by atoms with van der Waals surface area (Å²) in [6.07, 6.45) is 0. The minimum atomic E-state index is -2.32. The first-order valence-corrected chi connectivity index (χ1v) is 6.51. The van der Waals surface area contributed by atoms with Gasteiger partial charge in [-0.15, -0.1) is 0 Å². The molecule has 0 aliphatic carbocycles. The second-order valence-electron chi connectivity index (χ2n) is 3.16. The van der Waals surface area contributed by atoms with Crippen molar-refractivity contribution in [1.29, 1.82) is 0 Å². The van der Waals surface area contributed by atoms with Crippen LogP contribution in [0.5, 0.6) is 0 Å². The number of hydrogen-bond donors (Lipinski definition) is 0. The SMILES string of the molecule is CC[Si](OC)(OC)OCC1COC1. The summed E-state index contributed by atoms with van der Waals surface area (Å²) in [6, 6.07) is 0.813. The van der Waals surface area contributed by atoms with Crippen LogP contribution in [0.15, 0.2) is 0 Å². The van der Waals surface area contributed by atoms with E-state index in [-0.39, 0.29) is 0 Å². The summed E-state index contributed by atoms with van der Waals surface area (Å²) >= 11 is 0. The highest BCUT2D eigenvalue weighted by Crippen LogP contribution is 2.17. The largest absolute Gasteiger partial charge is 0.500 e. The maximum Gasteiger partial charge on any atom is 0.500 e. The van der Waals surface area contributed by atoms with Gasteiger partial charge < -0.3 is 18.0 Å². The first-order valence-electron chi connectivity index (χ1n) is 4.58. The minimum absolute atomic E-state index is 0.531. The molecule has 1 rings (SSSR count). The fourth-order valence-corrected chi connectivity index (χ4v) is 2.89. The van der Waals surface area contributed by atoms with E-state index in [4.69, 9.17) is 18.0 Å². The summed E-state index contributed by atoms with van der Waals surface area (Å²) in [7, 11) is 0.980. The van der Waals surface area contributed by atoms with Gasteiger partial charge in [0.05, 0.1) is 13.2 Å². The van der Waals surface area contributed by atoms with Gasteiger partial charge in [-0.3, -0.25) is 0 Å². The van der Waals surface area contributed by atoms with E-state index in [0.29, 0.717) is 12.5 Å². The first-order chi connectivity index (χ1) is 6.26. The van der Waals surface area contributed by atoms with Gasteiger partial charge in [-0.05, 0) is 0 Å². The van der Waals surface area contributed by atoms with E-state index >= 15 is 0 Å². The molecular formula is C8H18O4Si. The Morgan fingerprint density at radius 1 is 1.31 bits per heavy atom. The van der Waals surface area contributed by atoms with Crippen LogP contribution < -0.4 is 0 Å². The van der Waals surface area contributed by atoms with E-state index in [1.54, 1.807) is 14.2 Å². The molecule has 13 heavy (non-hydrogen) atoms. The topological polar surface area (TPSA) is 36.9 Å². The molecule has 0 unspecified atom stereocenters. The van der Waals surface area contributed by atoms with E-state index < -0.39 is 8.80 Å². The highest BCUT2D eigenvalue weighted by Gasteiger charge is 2.38. The van der Waals surface area contributed by atoms with Crippen LogP contribution in [-0.4, -0.2) is 42.8 Å². The normalized spacial score (nSPS) is 18.7. The summed E-state index contributed by atoms with van der Waals surface area (Å²) in [5, 5.41) is 0. The molecule has 1 aliphatic rings. The molecule has 1 aliphatic heterocycles. The van der Waals surface area contributed by atoms with Crippen molar-refractivity contribution in [2.75, 3.05) is 34.0 Å². The molecular weight excluding hydrogens is 188 g/mol. The van der Waals surface area contributed by atoms with Gasteiger partial charge in [0.25, 0.3) is 0 Å². The molecule has 0 N–H and O–H groups in total. The first kappa shape index (κ1) is 11.1. The molecule has 0 atom stereocenters. The monoisotopic (exact) mass is 206 g/mol. The van der Waals surface area contributed by atoms with E-state index in [2.05, 4.69) is 0 Å². The van der Waals surface area contributed by atoms with E-state index in [1.165, 1.54) is 0 Å². The fourth-order valence-electron chi connectivity index (χ4n) is 1.22. The van der Waals surface area contributed by atoms with Crippen molar-refractivity contribution < 1.29 is 18.0 Å². The van der Waals surface area contributed by atoms with Crippen molar-refractivity contribution in [3.63, 3.8) is 0 Å². The lowest BCUT2D eigenvalue weighted by Gasteiger charge is -2.31. The van der Waals surface area contributed by atoms with Gasteiger partial charge in [0.15, 0.2) is 0 Å². The van der Waals surface area contributed by atoms with Gasteiger partial charge in [0.1, 0.15) is 0 Å². The third-order valence-corrected chi connectivity index (χ3v) is 5.02. The average molecular weight is 206 g/mol. The molecule has 1 heterocycles. The van der Waals surface area contributed by atoms with Crippen LogP contribution in [0.3, 0.4) is 0 Å². The number of rotatable bonds is 6. The Morgan fingerprint density at radius 2 is 1.92 bits per heavy atom. The van der Waals surface area contributed by atoms with E-state index in [1.807, 2.05) is 6.92 Å². The van der Waals surface area contributed by atoms with Crippen molar-refractivity contribution in [3.8, 4) is 0 Å². The second-order valence-corrected chi connectivity index (χ2v) is 6.34. The Labute approximate surface area is 80.5 Å². The Hall–Kier alpha value is 0.0569. The van der Waals surface area contributed by atoms with Crippen molar-refractivity contribution in [2.24, 2.45) is 5.92 Å². The maximum atomic E-state index is 5.70. The van der Waals surface area contributed by atoms with Crippen LogP contribution in [0.25, 0.3) is 0 Å². The second kappa shape index (κ2) is 5.07. The Balaban J connectivity index is 2.27. The van der Waals surface area contributed by atoms with Crippen molar-refractivity contribution in [2.45, 2.75) is 13.0 Å². The van der Waals surface area contributed by atoms with Crippen molar-refractivity contribution in [1.82, 2.24) is 0 Å². The zero-order valence-corrected chi connectivity index (χ0v) is 9.54. The number of ether oxygens (including phenoxy) is 1. The quantitative estimate of drug-likeness (QED) is 0.605. The maximum absolute atomic E-state index is 5.70. The molecule has 1 fully saturated rings. The van der Waals surface area contributed by atoms with Crippen LogP contribution in [0.4, 0.5) is 0 Å². The lowest BCUT2D eigenvalue weighted by atomic mass is 10.1. The third kappa shape index (κ3) is 2.75. The van der Waals surface area contributed by atoms with Crippen LogP contribution in [0.1, 0.15) is 6.92 Å². The molecule has 5 heteroatoms. The van der Waals surface area contributed by atoms with Gasteiger partial charge in [-0.1, -0.05) is 6.92 Å².